The van der Waals surface area contributed by atoms with Crippen LogP contribution in [0.5, 0.6) is 0 Å². The standard InChI is InChI=1S/C11H11FO4S/c1-17(15,16)10-8(9(10)11(13)14)6-3-2-4-7(12)5-6/h2-5,8-10H,1H3,(H,13,14). The Bertz CT molecular complexity index is 567. The van der Waals surface area contributed by atoms with E-state index in [-0.39, 0.29) is 0 Å². The van der Waals surface area contributed by atoms with E-state index in [1.807, 2.05) is 0 Å². The molecular weight excluding hydrogens is 247 g/mol. The van der Waals surface area contributed by atoms with Gasteiger partial charge in [0.2, 0.25) is 0 Å². The molecule has 0 radical (unpaired) electrons. The molecule has 1 aromatic rings. The molecule has 0 heterocycles. The maximum Gasteiger partial charge on any atom is 0.308 e. The van der Waals surface area contributed by atoms with Crippen molar-refractivity contribution in [2.75, 3.05) is 6.26 Å². The second kappa shape index (κ2) is 3.80. The van der Waals surface area contributed by atoms with E-state index in [4.69, 9.17) is 5.11 Å². The van der Waals surface area contributed by atoms with Gasteiger partial charge in [0.25, 0.3) is 0 Å². The maximum atomic E-state index is 13.0. The summed E-state index contributed by atoms with van der Waals surface area (Å²) in [5.74, 6) is -3.26. The van der Waals surface area contributed by atoms with Gasteiger partial charge in [0.05, 0.1) is 11.2 Å². The predicted octanol–water partition coefficient (Wildman–Crippen LogP) is 1.04. The van der Waals surface area contributed by atoms with Gasteiger partial charge in [0.1, 0.15) is 5.82 Å². The van der Waals surface area contributed by atoms with Crippen LogP contribution in [0.2, 0.25) is 0 Å². The lowest BCUT2D eigenvalue weighted by Crippen LogP contribution is -2.10. The molecule has 1 aromatic carbocycles. The van der Waals surface area contributed by atoms with E-state index in [0.29, 0.717) is 5.56 Å². The first kappa shape index (κ1) is 12.0. The summed E-state index contributed by atoms with van der Waals surface area (Å²) in [6, 6.07) is 5.42. The average molecular weight is 258 g/mol. The first-order chi connectivity index (χ1) is 7.82. The number of rotatable bonds is 3. The van der Waals surface area contributed by atoms with Crippen molar-refractivity contribution in [1.82, 2.24) is 0 Å². The Kier molecular flexibility index (Phi) is 2.69. The van der Waals surface area contributed by atoms with Crippen molar-refractivity contribution >= 4 is 15.8 Å². The Morgan fingerprint density at radius 1 is 1.41 bits per heavy atom. The molecule has 2 rings (SSSR count). The Hall–Kier alpha value is -1.43. The third-order valence-corrected chi connectivity index (χ3v) is 4.54. The molecule has 0 amide bonds. The van der Waals surface area contributed by atoms with E-state index in [9.17, 15) is 17.6 Å². The highest BCUT2D eigenvalue weighted by Crippen LogP contribution is 2.52. The number of sulfone groups is 1. The van der Waals surface area contributed by atoms with Gasteiger partial charge in [-0.15, -0.1) is 0 Å². The minimum atomic E-state index is -3.44. The number of benzene rings is 1. The van der Waals surface area contributed by atoms with E-state index in [1.165, 1.54) is 18.2 Å². The third-order valence-electron chi connectivity index (χ3n) is 2.97. The fourth-order valence-corrected chi connectivity index (χ4v) is 3.81. The van der Waals surface area contributed by atoms with Gasteiger partial charge in [0, 0.05) is 12.2 Å². The molecule has 1 aliphatic carbocycles. The van der Waals surface area contributed by atoms with Gasteiger partial charge in [-0.1, -0.05) is 12.1 Å². The summed E-state index contributed by atoms with van der Waals surface area (Å²) in [5, 5.41) is 7.99. The van der Waals surface area contributed by atoms with Crippen LogP contribution in [0.4, 0.5) is 4.39 Å². The van der Waals surface area contributed by atoms with Crippen LogP contribution in [0.15, 0.2) is 24.3 Å². The van der Waals surface area contributed by atoms with Crippen LogP contribution < -0.4 is 0 Å². The lowest BCUT2D eigenvalue weighted by Gasteiger charge is -1.98. The molecule has 6 heteroatoms. The molecule has 0 aromatic heterocycles. The SMILES string of the molecule is CS(=O)(=O)C1C(C(=O)O)C1c1cccc(F)c1. The average Bonchev–Trinajstić information content (AvgIpc) is 2.91. The smallest absolute Gasteiger partial charge is 0.308 e. The molecule has 1 fully saturated rings. The summed E-state index contributed by atoms with van der Waals surface area (Å²) in [5.41, 5.74) is 0.424. The van der Waals surface area contributed by atoms with E-state index < -0.39 is 38.7 Å². The van der Waals surface area contributed by atoms with Crippen molar-refractivity contribution in [1.29, 1.82) is 0 Å². The molecule has 0 aliphatic heterocycles. The molecule has 0 saturated heterocycles. The second-order valence-electron chi connectivity index (χ2n) is 4.24. The van der Waals surface area contributed by atoms with E-state index in [1.54, 1.807) is 6.07 Å². The third kappa shape index (κ3) is 2.17. The van der Waals surface area contributed by atoms with E-state index >= 15 is 0 Å². The molecule has 1 saturated carbocycles. The topological polar surface area (TPSA) is 71.4 Å². The summed E-state index contributed by atoms with van der Waals surface area (Å²) >= 11 is 0. The molecule has 4 nitrogen and oxygen atoms in total. The molecule has 3 unspecified atom stereocenters. The number of carboxylic acid groups (broad SMARTS) is 1. The largest absolute Gasteiger partial charge is 0.481 e. The highest BCUT2D eigenvalue weighted by atomic mass is 32.2. The van der Waals surface area contributed by atoms with Gasteiger partial charge in [-0.05, 0) is 17.7 Å². The number of hydrogen-bond acceptors (Lipinski definition) is 3. The predicted molar refractivity (Wildman–Crippen MR) is 58.9 cm³/mol. The zero-order chi connectivity index (χ0) is 12.8. The van der Waals surface area contributed by atoms with Crippen LogP contribution in [0.1, 0.15) is 11.5 Å². The highest BCUT2D eigenvalue weighted by molar-refractivity contribution is 7.91. The van der Waals surface area contributed by atoms with Gasteiger partial charge in [-0.3, -0.25) is 4.79 Å². The summed E-state index contributed by atoms with van der Waals surface area (Å²) in [6.45, 7) is 0. The van der Waals surface area contributed by atoms with Gasteiger partial charge in [-0.2, -0.15) is 0 Å². The molecule has 0 bridgehead atoms. The zero-order valence-electron chi connectivity index (χ0n) is 9.00. The van der Waals surface area contributed by atoms with Crippen molar-refractivity contribution < 1.29 is 22.7 Å². The lowest BCUT2D eigenvalue weighted by atomic mass is 10.1. The van der Waals surface area contributed by atoms with Crippen molar-refractivity contribution in [3.8, 4) is 0 Å². The Morgan fingerprint density at radius 3 is 2.47 bits per heavy atom. The van der Waals surface area contributed by atoms with Gasteiger partial charge < -0.3 is 5.11 Å². The Labute approximate surface area is 98.0 Å². The molecular formula is C11H11FO4S. The first-order valence-corrected chi connectivity index (χ1v) is 6.95. The van der Waals surface area contributed by atoms with Crippen molar-refractivity contribution in [3.63, 3.8) is 0 Å². The van der Waals surface area contributed by atoms with Crippen molar-refractivity contribution in [3.05, 3.63) is 35.6 Å². The van der Waals surface area contributed by atoms with Gasteiger partial charge >= 0.3 is 5.97 Å². The minimum absolute atomic E-state index is 0.424. The number of hydrogen-bond donors (Lipinski definition) is 1. The molecule has 1 aliphatic rings. The fraction of sp³-hybridized carbons (Fsp3) is 0.364. The maximum absolute atomic E-state index is 13.0. The molecule has 92 valence electrons. The van der Waals surface area contributed by atoms with Crippen molar-refractivity contribution in [2.45, 2.75) is 11.2 Å². The van der Waals surface area contributed by atoms with Gasteiger partial charge in [0.15, 0.2) is 9.84 Å². The van der Waals surface area contributed by atoms with Crippen molar-refractivity contribution in [2.24, 2.45) is 5.92 Å². The van der Waals surface area contributed by atoms with Gasteiger partial charge in [-0.25, -0.2) is 12.8 Å². The van der Waals surface area contributed by atoms with Crippen LogP contribution in [0, 0.1) is 11.7 Å². The monoisotopic (exact) mass is 258 g/mol. The first-order valence-electron chi connectivity index (χ1n) is 4.99. The van der Waals surface area contributed by atoms with E-state index in [0.717, 1.165) is 6.26 Å². The normalized spacial score (nSPS) is 27.8. The Balaban J connectivity index is 2.37. The summed E-state index contributed by atoms with van der Waals surface area (Å²) in [4.78, 5) is 10.9. The number of halogens is 1. The molecule has 3 atom stereocenters. The Morgan fingerprint density at radius 2 is 2.06 bits per heavy atom. The number of carboxylic acids is 1. The lowest BCUT2D eigenvalue weighted by molar-refractivity contribution is -0.138. The quantitative estimate of drug-likeness (QED) is 0.879. The van der Waals surface area contributed by atoms with Crippen LogP contribution in [-0.2, 0) is 14.6 Å². The number of carbonyl (C=O) groups is 1. The van der Waals surface area contributed by atoms with Crippen LogP contribution in [0.25, 0.3) is 0 Å². The van der Waals surface area contributed by atoms with Crippen LogP contribution in [-0.4, -0.2) is 31.0 Å². The van der Waals surface area contributed by atoms with Crippen LogP contribution >= 0.6 is 0 Å². The second-order valence-corrected chi connectivity index (χ2v) is 6.44. The van der Waals surface area contributed by atoms with E-state index in [2.05, 4.69) is 0 Å². The number of aliphatic carboxylic acids is 1. The fourth-order valence-electron chi connectivity index (χ4n) is 2.22. The molecule has 1 N–H and O–H groups in total. The van der Waals surface area contributed by atoms with Crippen LogP contribution in [0.3, 0.4) is 0 Å². The highest BCUT2D eigenvalue weighted by Gasteiger charge is 2.61. The molecule has 17 heavy (non-hydrogen) atoms. The summed E-state index contributed by atoms with van der Waals surface area (Å²) in [6.07, 6.45) is 1.01. The minimum Gasteiger partial charge on any atom is -0.481 e. The molecule has 0 spiro atoms. The summed E-state index contributed by atoms with van der Waals surface area (Å²) < 4.78 is 35.9. The zero-order valence-corrected chi connectivity index (χ0v) is 9.82. The summed E-state index contributed by atoms with van der Waals surface area (Å²) in [7, 11) is -3.44.